The summed E-state index contributed by atoms with van der Waals surface area (Å²) in [5, 5.41) is 0. The van der Waals surface area contributed by atoms with E-state index in [1.807, 2.05) is 42.5 Å². The maximum atomic E-state index is 13.3. The van der Waals surface area contributed by atoms with Crippen molar-refractivity contribution in [3.05, 3.63) is 65.2 Å². The Morgan fingerprint density at radius 2 is 1.73 bits per heavy atom. The molecule has 10 nitrogen and oxygen atoms in total. The van der Waals surface area contributed by atoms with Crippen molar-refractivity contribution >= 4 is 23.0 Å². The van der Waals surface area contributed by atoms with Gasteiger partial charge >= 0.3 is 11.7 Å². The summed E-state index contributed by atoms with van der Waals surface area (Å²) < 4.78 is 7.74. The summed E-state index contributed by atoms with van der Waals surface area (Å²) >= 11 is 0. The van der Waals surface area contributed by atoms with Crippen molar-refractivity contribution in [1.82, 2.24) is 29.0 Å². The summed E-state index contributed by atoms with van der Waals surface area (Å²) in [6.45, 7) is 2.12. The first-order valence-corrected chi connectivity index (χ1v) is 10.6. The maximum Gasteiger partial charge on any atom is 0.338 e. The number of methoxy groups -OCH3 is 1. The zero-order chi connectivity index (χ0) is 22.9. The van der Waals surface area contributed by atoms with Crippen LogP contribution in [0.5, 0.6) is 5.88 Å². The smallest absolute Gasteiger partial charge is 0.338 e. The molecule has 1 aromatic carbocycles. The first-order chi connectivity index (χ1) is 16.1. The predicted molar refractivity (Wildman–Crippen MR) is 124 cm³/mol. The van der Waals surface area contributed by atoms with Crippen molar-refractivity contribution in [1.29, 1.82) is 0 Å². The molecule has 0 atom stereocenters. The number of rotatable bonds is 3. The average molecular weight is 445 g/mol. The van der Waals surface area contributed by atoms with Crippen LogP contribution in [0.15, 0.2) is 59.5 Å². The van der Waals surface area contributed by atoms with Crippen molar-refractivity contribution in [3.63, 3.8) is 0 Å². The third-order valence-electron chi connectivity index (χ3n) is 5.80. The van der Waals surface area contributed by atoms with Gasteiger partial charge in [-0.15, -0.1) is 0 Å². The van der Waals surface area contributed by atoms with Gasteiger partial charge in [0.05, 0.1) is 13.3 Å². The number of carbonyl (C=O) groups is 1. The highest BCUT2D eigenvalue weighted by Gasteiger charge is 2.27. The number of nitrogens with zero attached hydrogens (tertiary/aromatic N) is 7. The van der Waals surface area contributed by atoms with E-state index < -0.39 is 5.69 Å². The van der Waals surface area contributed by atoms with Crippen LogP contribution in [-0.4, -0.2) is 68.3 Å². The van der Waals surface area contributed by atoms with Crippen LogP contribution in [0.25, 0.3) is 22.6 Å². The lowest BCUT2D eigenvalue weighted by atomic mass is 10.2. The first kappa shape index (κ1) is 20.7. The number of benzene rings is 1. The molecule has 1 aliphatic rings. The third kappa shape index (κ3) is 3.69. The van der Waals surface area contributed by atoms with Gasteiger partial charge in [-0.2, -0.15) is 4.98 Å². The normalized spacial score (nSPS) is 14.0. The summed E-state index contributed by atoms with van der Waals surface area (Å²) in [6.07, 6.45) is 1.54. The zero-order valence-corrected chi connectivity index (χ0v) is 18.4. The molecule has 0 N–H and O–H groups in total. The lowest BCUT2D eigenvalue weighted by molar-refractivity contribution is 0.196. The van der Waals surface area contributed by atoms with Gasteiger partial charge in [0, 0.05) is 44.9 Å². The van der Waals surface area contributed by atoms with E-state index >= 15 is 0 Å². The topological polar surface area (TPSA) is 98.4 Å². The van der Waals surface area contributed by atoms with E-state index in [1.54, 1.807) is 31.3 Å². The van der Waals surface area contributed by atoms with Gasteiger partial charge in [0.15, 0.2) is 11.5 Å². The molecular weight excluding hydrogens is 422 g/mol. The quantitative estimate of drug-likeness (QED) is 0.476. The molecule has 33 heavy (non-hydrogen) atoms. The number of hydrogen-bond donors (Lipinski definition) is 0. The highest BCUT2D eigenvalue weighted by atomic mass is 16.5. The van der Waals surface area contributed by atoms with Crippen molar-refractivity contribution in [2.45, 2.75) is 0 Å². The van der Waals surface area contributed by atoms with Gasteiger partial charge in [0.2, 0.25) is 5.88 Å². The molecule has 4 heterocycles. The molecule has 5 rings (SSSR count). The van der Waals surface area contributed by atoms with Crippen molar-refractivity contribution in [2.75, 3.05) is 38.2 Å². The van der Waals surface area contributed by atoms with Crippen molar-refractivity contribution < 1.29 is 9.53 Å². The maximum absolute atomic E-state index is 13.3. The Bertz CT molecular complexity index is 1370. The van der Waals surface area contributed by atoms with Crippen LogP contribution in [0.2, 0.25) is 0 Å². The van der Waals surface area contributed by atoms with Gasteiger partial charge in [0.25, 0.3) is 0 Å². The molecule has 0 saturated carbocycles. The number of ether oxygens (including phenoxy) is 1. The lowest BCUT2D eigenvalue weighted by Crippen LogP contribution is -2.51. The van der Waals surface area contributed by atoms with E-state index in [2.05, 4.69) is 19.9 Å². The molecule has 4 aromatic rings. The van der Waals surface area contributed by atoms with Gasteiger partial charge in [0.1, 0.15) is 11.3 Å². The van der Waals surface area contributed by atoms with Crippen molar-refractivity contribution in [3.8, 4) is 17.3 Å². The zero-order valence-electron chi connectivity index (χ0n) is 18.4. The van der Waals surface area contributed by atoms with E-state index in [9.17, 15) is 9.59 Å². The van der Waals surface area contributed by atoms with Gasteiger partial charge < -0.3 is 14.5 Å². The molecule has 0 radical (unpaired) electrons. The fourth-order valence-electron chi connectivity index (χ4n) is 3.99. The van der Waals surface area contributed by atoms with E-state index in [-0.39, 0.29) is 6.03 Å². The molecule has 168 valence electrons. The number of imidazole rings is 1. The Kier molecular flexibility index (Phi) is 5.25. The Labute approximate surface area is 189 Å². The van der Waals surface area contributed by atoms with Gasteiger partial charge in [-0.25, -0.2) is 24.1 Å². The highest BCUT2D eigenvalue weighted by molar-refractivity contribution is 5.88. The van der Waals surface area contributed by atoms with E-state index in [0.29, 0.717) is 49.0 Å². The Balaban J connectivity index is 1.40. The number of anilines is 1. The second kappa shape index (κ2) is 8.38. The number of piperazine rings is 1. The molecule has 1 saturated heterocycles. The molecule has 0 aliphatic carbocycles. The summed E-state index contributed by atoms with van der Waals surface area (Å²) in [5.74, 6) is 1.84. The van der Waals surface area contributed by atoms with Crippen LogP contribution in [0.1, 0.15) is 0 Å². The molecular formula is C23H23N7O3. The molecule has 1 amide bonds. The van der Waals surface area contributed by atoms with Crippen LogP contribution >= 0.6 is 0 Å². The second-order valence-corrected chi connectivity index (χ2v) is 7.74. The Morgan fingerprint density at radius 3 is 2.45 bits per heavy atom. The minimum Gasteiger partial charge on any atom is -0.481 e. The van der Waals surface area contributed by atoms with Crippen molar-refractivity contribution in [2.24, 2.45) is 7.05 Å². The standard InChI is InChI=1S/C23H23N7O3/c1-27-21-17(15-24-20(26-21)16-7-4-3-5-8-16)30(22(27)31)23(32)29-13-11-28(12-14-29)18-9-6-10-19(25-18)33-2/h3-10,15H,11-14H2,1-2H3. The minimum absolute atomic E-state index is 0.375. The van der Waals surface area contributed by atoms with E-state index in [1.165, 1.54) is 4.57 Å². The molecule has 0 spiro atoms. The SMILES string of the molecule is COc1cccc(N2CCN(C(=O)n3c(=O)n(C)c4nc(-c5ccccc5)ncc43)CC2)n1. The fourth-order valence-corrected chi connectivity index (χ4v) is 3.99. The number of amides is 1. The molecule has 0 unspecified atom stereocenters. The Morgan fingerprint density at radius 1 is 0.970 bits per heavy atom. The highest BCUT2D eigenvalue weighted by Crippen LogP contribution is 2.20. The molecule has 0 bridgehead atoms. The summed E-state index contributed by atoms with van der Waals surface area (Å²) in [4.78, 5) is 43.4. The molecule has 1 fully saturated rings. The lowest BCUT2D eigenvalue weighted by Gasteiger charge is -2.35. The number of hydrogen-bond acceptors (Lipinski definition) is 7. The summed E-state index contributed by atoms with van der Waals surface area (Å²) in [6, 6.07) is 14.7. The number of pyridine rings is 1. The van der Waals surface area contributed by atoms with Crippen LogP contribution in [-0.2, 0) is 7.05 Å². The largest absolute Gasteiger partial charge is 0.481 e. The number of aromatic nitrogens is 5. The molecule has 3 aromatic heterocycles. The van der Waals surface area contributed by atoms with Crippen LogP contribution in [0.4, 0.5) is 10.6 Å². The average Bonchev–Trinajstić information content (AvgIpc) is 3.13. The predicted octanol–water partition coefficient (Wildman–Crippen LogP) is 1.99. The number of carbonyl (C=O) groups excluding carboxylic acids is 1. The minimum atomic E-state index is -0.439. The summed E-state index contributed by atoms with van der Waals surface area (Å²) in [7, 11) is 3.19. The van der Waals surface area contributed by atoms with E-state index in [0.717, 1.165) is 15.9 Å². The number of aryl methyl sites for hydroxylation is 1. The van der Waals surface area contributed by atoms with Gasteiger partial charge in [-0.3, -0.25) is 4.57 Å². The first-order valence-electron chi connectivity index (χ1n) is 10.6. The molecule has 1 aliphatic heterocycles. The fraction of sp³-hybridized carbons (Fsp3) is 0.261. The van der Waals surface area contributed by atoms with Crippen LogP contribution < -0.4 is 15.3 Å². The monoisotopic (exact) mass is 445 g/mol. The second-order valence-electron chi connectivity index (χ2n) is 7.74. The van der Waals surface area contributed by atoms with Gasteiger partial charge in [-0.1, -0.05) is 36.4 Å². The number of fused-ring (bicyclic) bond motifs is 1. The molecule has 10 heteroatoms. The van der Waals surface area contributed by atoms with Gasteiger partial charge in [-0.05, 0) is 6.07 Å². The summed E-state index contributed by atoms with van der Waals surface area (Å²) in [5.41, 5.74) is 1.21. The van der Waals surface area contributed by atoms with Crippen LogP contribution in [0, 0.1) is 0 Å². The third-order valence-corrected chi connectivity index (χ3v) is 5.80. The van der Waals surface area contributed by atoms with E-state index in [4.69, 9.17) is 4.74 Å². The Hall–Kier alpha value is -4.21. The van der Waals surface area contributed by atoms with Crippen LogP contribution in [0.3, 0.4) is 0 Å².